The Labute approximate surface area is 272 Å². The summed E-state index contributed by atoms with van der Waals surface area (Å²) in [5, 5.41) is 9.65. The van der Waals surface area contributed by atoms with Crippen molar-refractivity contribution in [3.63, 3.8) is 0 Å². The number of halogens is 1. The molecule has 1 N–H and O–H groups in total. The predicted molar refractivity (Wildman–Crippen MR) is 187 cm³/mol. The zero-order valence-corrected chi connectivity index (χ0v) is 30.0. The molecule has 0 aromatic rings. The van der Waals surface area contributed by atoms with Crippen LogP contribution in [0.5, 0.6) is 0 Å². The minimum atomic E-state index is 0. The molecule has 0 saturated heterocycles. The number of quaternary nitrogens is 1. The summed E-state index contributed by atoms with van der Waals surface area (Å²) >= 11 is 0. The summed E-state index contributed by atoms with van der Waals surface area (Å²) in [6, 6.07) is 0. The molecule has 0 aliphatic rings. The zero-order valence-electron chi connectivity index (χ0n) is 29.2. The molecule has 42 heavy (non-hydrogen) atoms. The third-order valence-corrected chi connectivity index (χ3v) is 9.06. The summed E-state index contributed by atoms with van der Waals surface area (Å²) in [6.45, 7) is 8.32. The van der Waals surface area contributed by atoms with Crippen molar-refractivity contribution in [1.82, 2.24) is 0 Å². The quantitative estimate of drug-likeness (QED) is 0.0436. The van der Waals surface area contributed by atoms with Gasteiger partial charge in [0, 0.05) is 0 Å². The van der Waals surface area contributed by atoms with Gasteiger partial charge in [0.15, 0.2) is 0 Å². The topological polar surface area (TPSA) is 20.2 Å². The van der Waals surface area contributed by atoms with Crippen LogP contribution in [-0.4, -0.2) is 42.9 Å². The minimum absolute atomic E-state index is 0. The van der Waals surface area contributed by atoms with Crippen LogP contribution >= 0.6 is 0 Å². The lowest BCUT2D eigenvalue weighted by atomic mass is 10.1. The van der Waals surface area contributed by atoms with E-state index in [9.17, 15) is 5.11 Å². The van der Waals surface area contributed by atoms with E-state index in [1.54, 1.807) is 0 Å². The summed E-state index contributed by atoms with van der Waals surface area (Å²) in [7, 11) is 2.38. The molecule has 252 valence electrons. The van der Waals surface area contributed by atoms with E-state index in [0.717, 1.165) is 11.0 Å². The first-order chi connectivity index (χ1) is 20.2. The van der Waals surface area contributed by atoms with Crippen LogP contribution in [0.15, 0.2) is 24.3 Å². The van der Waals surface area contributed by atoms with Crippen LogP contribution < -0.4 is 12.4 Å². The maximum Gasteiger partial charge on any atom is 0.102 e. The summed E-state index contributed by atoms with van der Waals surface area (Å²) in [5.74, 6) is 0. The number of hydrogen-bond donors (Lipinski definition) is 1. The molecule has 0 saturated carbocycles. The zero-order chi connectivity index (χ0) is 30.0. The van der Waals surface area contributed by atoms with E-state index in [2.05, 4.69) is 45.2 Å². The fourth-order valence-electron chi connectivity index (χ4n) is 6.06. The van der Waals surface area contributed by atoms with Gasteiger partial charge in [-0.2, -0.15) is 0 Å². The minimum Gasteiger partial charge on any atom is -1.00 e. The maximum atomic E-state index is 9.65. The van der Waals surface area contributed by atoms with Crippen molar-refractivity contribution in [2.24, 2.45) is 0 Å². The fraction of sp³-hybridized carbons (Fsp3) is 0.897. The van der Waals surface area contributed by atoms with Crippen LogP contribution in [0.25, 0.3) is 0 Å². The fourth-order valence-corrected chi connectivity index (χ4v) is 6.06. The Morgan fingerprint density at radius 3 is 0.929 bits per heavy atom. The Kier molecular flexibility index (Phi) is 38.5. The molecule has 0 spiro atoms. The van der Waals surface area contributed by atoms with Crippen LogP contribution in [0.2, 0.25) is 0 Å². The van der Waals surface area contributed by atoms with Gasteiger partial charge < -0.3 is 22.0 Å². The highest BCUT2D eigenvalue weighted by molar-refractivity contribution is 4.82. The van der Waals surface area contributed by atoms with Crippen molar-refractivity contribution in [2.75, 3.05) is 33.3 Å². The van der Waals surface area contributed by atoms with E-state index < -0.39 is 0 Å². The molecule has 0 unspecified atom stereocenters. The molecule has 2 nitrogen and oxygen atoms in total. The van der Waals surface area contributed by atoms with Gasteiger partial charge in [0.2, 0.25) is 0 Å². The number of rotatable bonds is 34. The van der Waals surface area contributed by atoms with E-state index in [1.165, 1.54) is 193 Å². The van der Waals surface area contributed by atoms with Gasteiger partial charge in [-0.05, 0) is 77.0 Å². The number of likely N-dealkylation sites (N-methyl/N-ethyl adjacent to an activating group) is 1. The molecule has 0 aromatic heterocycles. The second kappa shape index (κ2) is 36.9. The van der Waals surface area contributed by atoms with Gasteiger partial charge in [0.1, 0.15) is 6.54 Å². The van der Waals surface area contributed by atoms with Crippen LogP contribution in [0, 0.1) is 0 Å². The number of hydrogen-bond acceptors (Lipinski definition) is 1. The number of allylic oxidation sites excluding steroid dienone is 4. The van der Waals surface area contributed by atoms with Gasteiger partial charge in [-0.15, -0.1) is 0 Å². The SMILES string of the molecule is CCCCCCCCC=CCCCCCCCC[N+](C)(CCO)CCCCCCCCC=CCCCCCCCC.[Cl-]. The third-order valence-electron chi connectivity index (χ3n) is 9.06. The lowest BCUT2D eigenvalue weighted by molar-refractivity contribution is -0.910. The molecule has 0 fully saturated rings. The molecule has 0 heterocycles. The first-order valence-corrected chi connectivity index (χ1v) is 18.9. The Bertz CT molecular complexity index is 505. The molecule has 0 atom stereocenters. The summed E-state index contributed by atoms with van der Waals surface area (Å²) in [5.41, 5.74) is 0. The van der Waals surface area contributed by atoms with Crippen LogP contribution in [0.4, 0.5) is 0 Å². The number of nitrogens with zero attached hydrogens (tertiary/aromatic N) is 1. The Balaban J connectivity index is 0. The normalized spacial score (nSPS) is 13.2. The van der Waals surface area contributed by atoms with Crippen LogP contribution in [0.1, 0.15) is 194 Å². The molecule has 0 bridgehead atoms. The molecule has 0 aliphatic heterocycles. The summed E-state index contributed by atoms with van der Waals surface area (Å²) in [6.07, 6.45) is 48.1. The lowest BCUT2D eigenvalue weighted by Gasteiger charge is -2.34. The monoisotopic (exact) mass is 612 g/mol. The van der Waals surface area contributed by atoms with Gasteiger partial charge in [0.05, 0.1) is 26.7 Å². The highest BCUT2D eigenvalue weighted by Crippen LogP contribution is 2.15. The maximum absolute atomic E-state index is 9.65. The standard InChI is InChI=1S/C39H78NO.ClH/c1-4-6-8-10-12-14-16-18-20-22-24-26-28-30-32-34-36-40(3,38-39-41)37-35-33-31-29-27-25-23-21-19-17-15-13-11-9-7-5-2;/h18-21,41H,4-17,22-39H2,1-3H3;1H/q+1;/p-1. The molecule has 0 aromatic carbocycles. The van der Waals surface area contributed by atoms with E-state index in [4.69, 9.17) is 0 Å². The smallest absolute Gasteiger partial charge is 0.102 e. The Morgan fingerprint density at radius 2 is 0.643 bits per heavy atom. The lowest BCUT2D eigenvalue weighted by Crippen LogP contribution is -3.00. The van der Waals surface area contributed by atoms with Gasteiger partial charge in [-0.1, -0.05) is 141 Å². The van der Waals surface area contributed by atoms with Gasteiger partial charge >= 0.3 is 0 Å². The molecule has 0 amide bonds. The number of unbranched alkanes of at least 4 members (excludes halogenated alkanes) is 24. The third kappa shape index (κ3) is 34.2. The van der Waals surface area contributed by atoms with Crippen molar-refractivity contribution < 1.29 is 22.0 Å². The van der Waals surface area contributed by atoms with Gasteiger partial charge in [-0.25, -0.2) is 0 Å². The van der Waals surface area contributed by atoms with Crippen molar-refractivity contribution >= 4 is 0 Å². The average molecular weight is 613 g/mol. The summed E-state index contributed by atoms with van der Waals surface area (Å²) < 4.78 is 1.07. The van der Waals surface area contributed by atoms with Gasteiger partial charge in [0.25, 0.3) is 0 Å². The summed E-state index contributed by atoms with van der Waals surface area (Å²) in [4.78, 5) is 0. The molecule has 3 heteroatoms. The first kappa shape index (κ1) is 43.8. The highest BCUT2D eigenvalue weighted by Gasteiger charge is 2.19. The average Bonchev–Trinajstić information content (AvgIpc) is 2.97. The van der Waals surface area contributed by atoms with Crippen molar-refractivity contribution in [2.45, 2.75) is 194 Å². The van der Waals surface area contributed by atoms with E-state index in [0.29, 0.717) is 6.61 Å². The second-order valence-electron chi connectivity index (χ2n) is 13.4. The first-order valence-electron chi connectivity index (χ1n) is 18.9. The number of aliphatic hydroxyl groups is 1. The van der Waals surface area contributed by atoms with Gasteiger partial charge in [-0.3, -0.25) is 0 Å². The number of aliphatic hydroxyl groups excluding tert-OH is 1. The molecular weight excluding hydrogens is 534 g/mol. The van der Waals surface area contributed by atoms with Crippen molar-refractivity contribution in [3.8, 4) is 0 Å². The highest BCUT2D eigenvalue weighted by atomic mass is 35.5. The van der Waals surface area contributed by atoms with E-state index in [1.807, 2.05) is 0 Å². The van der Waals surface area contributed by atoms with Crippen molar-refractivity contribution in [1.29, 1.82) is 0 Å². The van der Waals surface area contributed by atoms with E-state index in [-0.39, 0.29) is 12.4 Å². The molecule has 0 radical (unpaired) electrons. The molecule has 0 rings (SSSR count). The Hall–Kier alpha value is -0.310. The largest absolute Gasteiger partial charge is 1.00 e. The molecular formula is C39H78ClNO. The van der Waals surface area contributed by atoms with Crippen molar-refractivity contribution in [3.05, 3.63) is 24.3 Å². The van der Waals surface area contributed by atoms with Crippen LogP contribution in [0.3, 0.4) is 0 Å². The van der Waals surface area contributed by atoms with Crippen LogP contribution in [-0.2, 0) is 0 Å². The van der Waals surface area contributed by atoms with E-state index >= 15 is 0 Å². The second-order valence-corrected chi connectivity index (χ2v) is 13.4. The predicted octanol–water partition coefficient (Wildman–Crippen LogP) is 9.50. The molecule has 0 aliphatic carbocycles. The Morgan fingerprint density at radius 1 is 0.381 bits per heavy atom.